The molecule has 0 rings (SSSR count). The van der Waals surface area contributed by atoms with Gasteiger partial charge in [0.2, 0.25) is 0 Å². The number of esters is 1. The first-order valence-corrected chi connectivity index (χ1v) is 5.31. The first-order chi connectivity index (χ1) is 6.11. The molecule has 0 aliphatic rings. The Bertz CT molecular complexity index is 217. The first-order valence-electron chi connectivity index (χ1n) is 3.83. The van der Waals surface area contributed by atoms with Crippen LogP contribution in [-0.4, -0.2) is 41.2 Å². The van der Waals surface area contributed by atoms with Gasteiger partial charge in [-0.05, 0) is 0 Å². The third kappa shape index (κ3) is 5.35. The van der Waals surface area contributed by atoms with Crippen LogP contribution in [0.1, 0.15) is 6.92 Å². The van der Waals surface area contributed by atoms with E-state index in [1.54, 1.807) is 6.92 Å². The van der Waals surface area contributed by atoms with Gasteiger partial charge in [-0.3, -0.25) is 9.00 Å². The van der Waals surface area contributed by atoms with Gasteiger partial charge in [0.1, 0.15) is 0 Å². The van der Waals surface area contributed by atoms with E-state index in [1.807, 2.05) is 0 Å². The number of amides is 1. The van der Waals surface area contributed by atoms with Crippen LogP contribution in [0.25, 0.3) is 0 Å². The van der Waals surface area contributed by atoms with Crippen LogP contribution < -0.4 is 5.32 Å². The number of hydrogen-bond donors (Lipinski definition) is 1. The molecule has 0 bridgehead atoms. The summed E-state index contributed by atoms with van der Waals surface area (Å²) in [7, 11) is 0.206. The molecule has 0 saturated heterocycles. The van der Waals surface area contributed by atoms with Crippen LogP contribution >= 0.6 is 0 Å². The molecular weight excluding hydrogens is 194 g/mol. The second-order valence-corrected chi connectivity index (χ2v) is 4.05. The fraction of sp³-hybridized carbons (Fsp3) is 0.714. The SMILES string of the molecule is CCS(=O)CCNC(=O)C(=O)OC. The van der Waals surface area contributed by atoms with E-state index in [0.717, 1.165) is 7.11 Å². The summed E-state index contributed by atoms with van der Waals surface area (Å²) in [5, 5.41) is 2.29. The maximum atomic E-state index is 10.9. The maximum absolute atomic E-state index is 10.9. The summed E-state index contributed by atoms with van der Waals surface area (Å²) in [5.41, 5.74) is 0. The number of rotatable bonds is 4. The van der Waals surface area contributed by atoms with E-state index < -0.39 is 22.7 Å². The summed E-state index contributed by atoms with van der Waals surface area (Å²) in [4.78, 5) is 21.3. The molecule has 0 aliphatic carbocycles. The van der Waals surface area contributed by atoms with Gasteiger partial charge in [-0.2, -0.15) is 0 Å². The topological polar surface area (TPSA) is 72.5 Å². The van der Waals surface area contributed by atoms with Gasteiger partial charge in [0.25, 0.3) is 0 Å². The predicted molar refractivity (Wildman–Crippen MR) is 48.6 cm³/mol. The summed E-state index contributed by atoms with van der Waals surface area (Å²) >= 11 is 0. The Morgan fingerprint density at radius 2 is 2.08 bits per heavy atom. The maximum Gasteiger partial charge on any atom is 0.396 e. The third-order valence-corrected chi connectivity index (χ3v) is 2.61. The van der Waals surface area contributed by atoms with Gasteiger partial charge in [-0.15, -0.1) is 0 Å². The van der Waals surface area contributed by atoms with Crippen LogP contribution in [0.2, 0.25) is 0 Å². The van der Waals surface area contributed by atoms with Crippen LogP contribution in [-0.2, 0) is 25.1 Å². The van der Waals surface area contributed by atoms with Crippen molar-refractivity contribution in [1.29, 1.82) is 0 Å². The Labute approximate surface area is 79.3 Å². The molecule has 0 aromatic rings. The zero-order valence-electron chi connectivity index (χ0n) is 7.66. The molecular formula is C7H13NO4S. The average Bonchev–Trinajstić information content (AvgIpc) is 2.15. The summed E-state index contributed by atoms with van der Waals surface area (Å²) < 4.78 is 15.0. The van der Waals surface area contributed by atoms with E-state index in [-0.39, 0.29) is 6.54 Å². The molecule has 0 aromatic heterocycles. The van der Waals surface area contributed by atoms with Gasteiger partial charge >= 0.3 is 11.9 Å². The Morgan fingerprint density at radius 1 is 1.46 bits per heavy atom. The lowest BCUT2D eigenvalue weighted by molar-refractivity contribution is -0.152. The average molecular weight is 207 g/mol. The summed E-state index contributed by atoms with van der Waals surface area (Å²) in [5.74, 6) is -0.814. The molecule has 1 amide bonds. The molecule has 1 unspecified atom stereocenters. The highest BCUT2D eigenvalue weighted by atomic mass is 32.2. The number of carbonyl (C=O) groups is 2. The largest absolute Gasteiger partial charge is 0.462 e. The Balaban J connectivity index is 3.59. The van der Waals surface area contributed by atoms with Crippen molar-refractivity contribution in [2.75, 3.05) is 25.2 Å². The molecule has 5 nitrogen and oxygen atoms in total. The smallest absolute Gasteiger partial charge is 0.396 e. The minimum Gasteiger partial charge on any atom is -0.462 e. The quantitative estimate of drug-likeness (QED) is 0.476. The number of hydrogen-bond acceptors (Lipinski definition) is 4. The van der Waals surface area contributed by atoms with Gasteiger partial charge in [0.15, 0.2) is 0 Å². The van der Waals surface area contributed by atoms with Crippen molar-refractivity contribution in [3.8, 4) is 0 Å². The monoisotopic (exact) mass is 207 g/mol. The lowest BCUT2D eigenvalue weighted by Gasteiger charge is -2.01. The van der Waals surface area contributed by atoms with Gasteiger partial charge in [-0.25, -0.2) is 4.79 Å². The van der Waals surface area contributed by atoms with Gasteiger partial charge < -0.3 is 10.1 Å². The van der Waals surface area contributed by atoms with E-state index in [0.29, 0.717) is 11.5 Å². The number of nitrogens with one attached hydrogen (secondary N) is 1. The van der Waals surface area contributed by atoms with E-state index in [4.69, 9.17) is 0 Å². The number of ether oxygens (including phenoxy) is 1. The number of methoxy groups -OCH3 is 1. The molecule has 1 N–H and O–H groups in total. The molecule has 76 valence electrons. The lowest BCUT2D eigenvalue weighted by atomic mass is 10.6. The van der Waals surface area contributed by atoms with Crippen molar-refractivity contribution in [3.63, 3.8) is 0 Å². The highest BCUT2D eigenvalue weighted by Crippen LogP contribution is 1.80. The standard InChI is InChI=1S/C7H13NO4S/c1-3-13(11)5-4-8-6(9)7(10)12-2/h3-5H2,1-2H3,(H,8,9). The summed E-state index contributed by atoms with van der Waals surface area (Å²) in [6.07, 6.45) is 0. The number of carbonyl (C=O) groups excluding carboxylic acids is 2. The zero-order chi connectivity index (χ0) is 10.3. The third-order valence-electron chi connectivity index (χ3n) is 1.31. The molecule has 0 radical (unpaired) electrons. The molecule has 0 heterocycles. The van der Waals surface area contributed by atoms with Crippen LogP contribution in [0.3, 0.4) is 0 Å². The van der Waals surface area contributed by atoms with Crippen molar-refractivity contribution < 1.29 is 18.5 Å². The highest BCUT2D eigenvalue weighted by Gasteiger charge is 2.12. The molecule has 0 aromatic carbocycles. The predicted octanol–water partition coefficient (Wildman–Crippen LogP) is -0.956. The van der Waals surface area contributed by atoms with Gasteiger partial charge in [0, 0.05) is 28.9 Å². The molecule has 0 spiro atoms. The van der Waals surface area contributed by atoms with Crippen LogP contribution in [0.5, 0.6) is 0 Å². The molecule has 6 heteroatoms. The summed E-state index contributed by atoms with van der Waals surface area (Å²) in [6.45, 7) is 2.02. The highest BCUT2D eigenvalue weighted by molar-refractivity contribution is 7.84. The molecule has 13 heavy (non-hydrogen) atoms. The minimum atomic E-state index is -0.928. The Hall–Kier alpha value is -0.910. The van der Waals surface area contributed by atoms with Crippen LogP contribution in [0.4, 0.5) is 0 Å². The van der Waals surface area contributed by atoms with E-state index in [2.05, 4.69) is 10.1 Å². The fourth-order valence-corrected chi connectivity index (χ4v) is 1.21. The van der Waals surface area contributed by atoms with E-state index in [9.17, 15) is 13.8 Å². The van der Waals surface area contributed by atoms with E-state index in [1.165, 1.54) is 0 Å². The zero-order valence-corrected chi connectivity index (χ0v) is 8.48. The van der Waals surface area contributed by atoms with Crippen molar-refractivity contribution in [2.45, 2.75) is 6.92 Å². The van der Waals surface area contributed by atoms with Crippen molar-refractivity contribution >= 4 is 22.7 Å². The van der Waals surface area contributed by atoms with Crippen molar-refractivity contribution in [2.24, 2.45) is 0 Å². The normalized spacial score (nSPS) is 11.8. The Morgan fingerprint density at radius 3 is 2.54 bits per heavy atom. The molecule has 0 fully saturated rings. The lowest BCUT2D eigenvalue weighted by Crippen LogP contribution is -2.34. The second kappa shape index (κ2) is 6.59. The molecule has 0 saturated carbocycles. The van der Waals surface area contributed by atoms with Crippen molar-refractivity contribution in [1.82, 2.24) is 5.32 Å². The van der Waals surface area contributed by atoms with Gasteiger partial charge in [-0.1, -0.05) is 6.92 Å². The first kappa shape index (κ1) is 12.1. The van der Waals surface area contributed by atoms with Crippen molar-refractivity contribution in [3.05, 3.63) is 0 Å². The van der Waals surface area contributed by atoms with Gasteiger partial charge in [0.05, 0.1) is 7.11 Å². The van der Waals surface area contributed by atoms with Crippen LogP contribution in [0, 0.1) is 0 Å². The minimum absolute atomic E-state index is 0.231. The molecule has 0 aliphatic heterocycles. The fourth-order valence-electron chi connectivity index (χ4n) is 0.588. The van der Waals surface area contributed by atoms with Crippen LogP contribution in [0.15, 0.2) is 0 Å². The Kier molecular flexibility index (Phi) is 6.13. The molecule has 1 atom stereocenters. The van der Waals surface area contributed by atoms with E-state index >= 15 is 0 Å². The summed E-state index contributed by atoms with van der Waals surface area (Å²) in [6, 6.07) is 0. The second-order valence-electron chi connectivity index (χ2n) is 2.18.